The van der Waals surface area contributed by atoms with Crippen molar-refractivity contribution >= 4 is 18.3 Å². The van der Waals surface area contributed by atoms with Crippen molar-refractivity contribution in [2.45, 2.75) is 39.0 Å². The molecule has 0 bridgehead atoms. The third-order valence-corrected chi connectivity index (χ3v) is 3.17. The second kappa shape index (κ2) is 6.81. The summed E-state index contributed by atoms with van der Waals surface area (Å²) in [5.74, 6) is 1.46. The number of ether oxygens (including phenoxy) is 2. The van der Waals surface area contributed by atoms with Gasteiger partial charge in [0, 0.05) is 24.1 Å². The molecular weight excluding hydrogens is 280 g/mol. The van der Waals surface area contributed by atoms with Gasteiger partial charge in [0.1, 0.15) is 17.6 Å². The number of nitrogens with one attached hydrogen (secondary N) is 1. The predicted octanol–water partition coefficient (Wildman–Crippen LogP) is 1.40. The summed E-state index contributed by atoms with van der Waals surface area (Å²) in [4.78, 5) is 11.5. The lowest BCUT2D eigenvalue weighted by Gasteiger charge is -2.13. The lowest BCUT2D eigenvalue weighted by molar-refractivity contribution is -0.122. The van der Waals surface area contributed by atoms with E-state index in [-0.39, 0.29) is 24.4 Å². The summed E-state index contributed by atoms with van der Waals surface area (Å²) in [5.41, 5.74) is 7.55. The van der Waals surface area contributed by atoms with Crippen molar-refractivity contribution in [3.8, 4) is 11.5 Å². The Morgan fingerprint density at radius 1 is 1.60 bits per heavy atom. The number of rotatable bonds is 4. The molecule has 1 aliphatic heterocycles. The molecule has 2 unspecified atom stereocenters. The van der Waals surface area contributed by atoms with Gasteiger partial charge in [0.2, 0.25) is 5.91 Å². The first kappa shape index (κ1) is 16.6. The van der Waals surface area contributed by atoms with Gasteiger partial charge in [-0.15, -0.1) is 12.4 Å². The fourth-order valence-electron chi connectivity index (χ4n) is 2.15. The molecule has 112 valence electrons. The van der Waals surface area contributed by atoms with Crippen LogP contribution in [0.5, 0.6) is 11.5 Å². The third-order valence-electron chi connectivity index (χ3n) is 3.17. The average molecular weight is 301 g/mol. The van der Waals surface area contributed by atoms with Crippen LogP contribution in [0.15, 0.2) is 12.1 Å². The van der Waals surface area contributed by atoms with E-state index in [1.165, 1.54) is 0 Å². The topological polar surface area (TPSA) is 73.6 Å². The van der Waals surface area contributed by atoms with Crippen LogP contribution in [-0.4, -0.2) is 25.2 Å². The normalized spacial score (nSPS) is 17.5. The number of methoxy groups -OCH3 is 1. The molecule has 0 saturated carbocycles. The Balaban J connectivity index is 0.00000200. The molecule has 0 aromatic heterocycles. The Kier molecular flexibility index (Phi) is 5.65. The molecule has 1 aromatic rings. The van der Waals surface area contributed by atoms with E-state index in [1.54, 1.807) is 14.0 Å². The number of hydrogen-bond acceptors (Lipinski definition) is 4. The van der Waals surface area contributed by atoms with Gasteiger partial charge in [-0.3, -0.25) is 4.79 Å². The molecule has 1 aromatic carbocycles. The number of carbonyl (C=O) groups excluding carboxylic acids is 1. The van der Waals surface area contributed by atoms with Crippen molar-refractivity contribution in [1.29, 1.82) is 0 Å². The number of amides is 1. The Hall–Kier alpha value is -1.46. The fraction of sp³-hybridized carbons (Fsp3) is 0.500. The number of benzene rings is 1. The summed E-state index contributed by atoms with van der Waals surface area (Å²) in [6.07, 6.45) is 1.08. The SMILES string of the molecule is COc1cc2c(cc1CNC(=O)C(C)N)OC(C)C2.Cl. The van der Waals surface area contributed by atoms with Crippen LogP contribution >= 0.6 is 12.4 Å². The summed E-state index contributed by atoms with van der Waals surface area (Å²) >= 11 is 0. The molecule has 0 aliphatic carbocycles. The Morgan fingerprint density at radius 3 is 2.90 bits per heavy atom. The summed E-state index contributed by atoms with van der Waals surface area (Å²) < 4.78 is 11.1. The van der Waals surface area contributed by atoms with Crippen molar-refractivity contribution < 1.29 is 14.3 Å². The predicted molar refractivity (Wildman–Crippen MR) is 79.5 cm³/mol. The number of carbonyl (C=O) groups is 1. The monoisotopic (exact) mass is 300 g/mol. The smallest absolute Gasteiger partial charge is 0.236 e. The van der Waals surface area contributed by atoms with Crippen LogP contribution in [0.1, 0.15) is 25.0 Å². The van der Waals surface area contributed by atoms with Gasteiger partial charge in [0.25, 0.3) is 0 Å². The maximum absolute atomic E-state index is 11.5. The third kappa shape index (κ3) is 3.55. The number of hydrogen-bond donors (Lipinski definition) is 2. The lowest BCUT2D eigenvalue weighted by atomic mass is 10.1. The molecule has 3 N–H and O–H groups in total. The number of nitrogens with two attached hydrogens (primary N) is 1. The zero-order chi connectivity index (χ0) is 14.0. The van der Waals surface area contributed by atoms with Crippen LogP contribution in [0, 0.1) is 0 Å². The maximum atomic E-state index is 11.5. The van der Waals surface area contributed by atoms with Gasteiger partial charge < -0.3 is 20.5 Å². The molecule has 20 heavy (non-hydrogen) atoms. The van der Waals surface area contributed by atoms with Gasteiger partial charge in [-0.1, -0.05) is 0 Å². The van der Waals surface area contributed by atoms with Gasteiger partial charge in [0.15, 0.2) is 0 Å². The maximum Gasteiger partial charge on any atom is 0.236 e. The van der Waals surface area contributed by atoms with Crippen molar-refractivity contribution in [3.05, 3.63) is 23.3 Å². The lowest BCUT2D eigenvalue weighted by Crippen LogP contribution is -2.37. The minimum Gasteiger partial charge on any atom is -0.496 e. The first-order chi connectivity index (χ1) is 9.01. The van der Waals surface area contributed by atoms with Gasteiger partial charge in [0.05, 0.1) is 13.2 Å². The van der Waals surface area contributed by atoms with E-state index in [0.717, 1.165) is 29.0 Å². The fourth-order valence-corrected chi connectivity index (χ4v) is 2.15. The molecule has 0 radical (unpaired) electrons. The van der Waals surface area contributed by atoms with Crippen LogP contribution in [0.3, 0.4) is 0 Å². The molecular formula is C14H21ClN2O3. The van der Waals surface area contributed by atoms with Crippen molar-refractivity contribution in [1.82, 2.24) is 5.32 Å². The van der Waals surface area contributed by atoms with Gasteiger partial charge in [-0.2, -0.15) is 0 Å². The number of fused-ring (bicyclic) bond motifs is 1. The van der Waals surface area contributed by atoms with E-state index in [4.69, 9.17) is 15.2 Å². The Bertz CT molecular complexity index is 492. The van der Waals surface area contributed by atoms with E-state index < -0.39 is 6.04 Å². The van der Waals surface area contributed by atoms with Gasteiger partial charge >= 0.3 is 0 Å². The molecule has 0 fully saturated rings. The molecule has 6 heteroatoms. The second-order valence-corrected chi connectivity index (χ2v) is 4.91. The Morgan fingerprint density at radius 2 is 2.30 bits per heavy atom. The molecule has 2 rings (SSSR count). The molecule has 1 aliphatic rings. The quantitative estimate of drug-likeness (QED) is 0.881. The first-order valence-electron chi connectivity index (χ1n) is 6.41. The summed E-state index contributed by atoms with van der Waals surface area (Å²) in [7, 11) is 1.62. The summed E-state index contributed by atoms with van der Waals surface area (Å²) in [6.45, 7) is 4.07. The molecule has 1 heterocycles. The average Bonchev–Trinajstić information content (AvgIpc) is 2.73. The highest BCUT2D eigenvalue weighted by Gasteiger charge is 2.21. The zero-order valence-electron chi connectivity index (χ0n) is 11.9. The van der Waals surface area contributed by atoms with Crippen LogP contribution in [0.25, 0.3) is 0 Å². The standard InChI is InChI=1S/C14H20N2O3.ClH/c1-8-4-10-5-12(18-3)11(6-13(10)19-8)7-16-14(17)9(2)15;/h5-6,8-9H,4,7,15H2,1-3H3,(H,16,17);1H. The van der Waals surface area contributed by atoms with Gasteiger partial charge in [-0.25, -0.2) is 0 Å². The molecule has 0 spiro atoms. The van der Waals surface area contributed by atoms with E-state index >= 15 is 0 Å². The van der Waals surface area contributed by atoms with Crippen LogP contribution in [-0.2, 0) is 17.8 Å². The second-order valence-electron chi connectivity index (χ2n) is 4.91. The van der Waals surface area contributed by atoms with E-state index in [2.05, 4.69) is 5.32 Å². The van der Waals surface area contributed by atoms with Crippen LogP contribution in [0.4, 0.5) is 0 Å². The number of halogens is 1. The van der Waals surface area contributed by atoms with Crippen molar-refractivity contribution in [3.63, 3.8) is 0 Å². The zero-order valence-corrected chi connectivity index (χ0v) is 12.8. The molecule has 1 amide bonds. The molecule has 5 nitrogen and oxygen atoms in total. The van der Waals surface area contributed by atoms with Crippen molar-refractivity contribution in [2.75, 3.05) is 7.11 Å². The minimum absolute atomic E-state index is 0. The Labute approximate surface area is 125 Å². The van der Waals surface area contributed by atoms with Crippen LogP contribution in [0.2, 0.25) is 0 Å². The summed E-state index contributed by atoms with van der Waals surface area (Å²) in [5, 5.41) is 2.78. The van der Waals surface area contributed by atoms with E-state index in [1.807, 2.05) is 19.1 Å². The molecule has 0 saturated heterocycles. The summed E-state index contributed by atoms with van der Waals surface area (Å²) in [6, 6.07) is 3.39. The van der Waals surface area contributed by atoms with Crippen molar-refractivity contribution in [2.24, 2.45) is 5.73 Å². The molecule has 2 atom stereocenters. The minimum atomic E-state index is -0.517. The van der Waals surface area contributed by atoms with E-state index in [9.17, 15) is 4.79 Å². The van der Waals surface area contributed by atoms with Gasteiger partial charge in [-0.05, 0) is 26.0 Å². The highest BCUT2D eigenvalue weighted by atomic mass is 35.5. The van der Waals surface area contributed by atoms with Crippen LogP contribution < -0.4 is 20.5 Å². The van der Waals surface area contributed by atoms with E-state index in [0.29, 0.717) is 6.54 Å². The highest BCUT2D eigenvalue weighted by Crippen LogP contribution is 2.34. The first-order valence-corrected chi connectivity index (χ1v) is 6.41. The largest absolute Gasteiger partial charge is 0.496 e. The highest BCUT2D eigenvalue weighted by molar-refractivity contribution is 5.85.